The molecule has 1 N–H and O–H groups in total. The van der Waals surface area contributed by atoms with Gasteiger partial charge in [-0.1, -0.05) is 30.3 Å². The molecular formula is C22H23N3O4. The summed E-state index contributed by atoms with van der Waals surface area (Å²) in [4.78, 5) is 42.2. The van der Waals surface area contributed by atoms with Crippen LogP contribution in [0.15, 0.2) is 48.5 Å². The normalized spacial score (nSPS) is 21.5. The number of nitrogens with zero attached hydrogens (tertiary/aromatic N) is 2. The van der Waals surface area contributed by atoms with Crippen LogP contribution in [0.3, 0.4) is 0 Å². The second kappa shape index (κ2) is 6.92. The molecule has 0 spiro atoms. The van der Waals surface area contributed by atoms with Crippen LogP contribution in [0.4, 0.5) is 5.69 Å². The lowest BCUT2D eigenvalue weighted by molar-refractivity contribution is -0.133. The third-order valence-corrected chi connectivity index (χ3v) is 5.86. The highest BCUT2D eigenvalue weighted by Gasteiger charge is 2.59. The molecule has 7 nitrogen and oxygen atoms in total. The minimum atomic E-state index is -1.38. The summed E-state index contributed by atoms with van der Waals surface area (Å²) in [5, 5.41) is 3.00. The Labute approximate surface area is 169 Å². The monoisotopic (exact) mass is 393 g/mol. The zero-order chi connectivity index (χ0) is 20.8. The molecule has 0 aromatic heterocycles. The molecule has 0 saturated carbocycles. The number of methoxy groups -OCH3 is 1. The van der Waals surface area contributed by atoms with Gasteiger partial charge in [-0.3, -0.25) is 19.3 Å². The van der Waals surface area contributed by atoms with Crippen molar-refractivity contribution in [3.05, 3.63) is 59.7 Å². The van der Waals surface area contributed by atoms with Crippen molar-refractivity contribution in [1.29, 1.82) is 0 Å². The SMILES string of the molecule is COc1ccccc1[C@H](C)NC(=O)[C@@]12CCC(=O)N1c1ccccc1C(=O)N2C. The van der Waals surface area contributed by atoms with Crippen molar-refractivity contribution in [2.24, 2.45) is 0 Å². The Balaban J connectivity index is 1.73. The van der Waals surface area contributed by atoms with E-state index in [1.807, 2.05) is 31.2 Å². The number of rotatable bonds is 4. The maximum atomic E-state index is 13.6. The molecule has 0 radical (unpaired) electrons. The van der Waals surface area contributed by atoms with E-state index in [-0.39, 0.29) is 36.6 Å². The molecule has 1 saturated heterocycles. The third kappa shape index (κ3) is 2.68. The summed E-state index contributed by atoms with van der Waals surface area (Å²) in [6.45, 7) is 1.85. The predicted molar refractivity (Wildman–Crippen MR) is 108 cm³/mol. The van der Waals surface area contributed by atoms with E-state index >= 15 is 0 Å². The molecule has 0 aliphatic carbocycles. The molecule has 3 amide bonds. The highest BCUT2D eigenvalue weighted by Crippen LogP contribution is 2.44. The number of carbonyl (C=O) groups excluding carboxylic acids is 3. The summed E-state index contributed by atoms with van der Waals surface area (Å²) in [6, 6.07) is 14.0. The van der Waals surface area contributed by atoms with Crippen LogP contribution < -0.4 is 15.0 Å². The molecule has 29 heavy (non-hydrogen) atoms. The second-order valence-corrected chi connectivity index (χ2v) is 7.36. The molecule has 4 rings (SSSR count). The lowest BCUT2D eigenvalue weighted by Crippen LogP contribution is -2.69. The lowest BCUT2D eigenvalue weighted by atomic mass is 9.95. The van der Waals surface area contributed by atoms with E-state index in [1.54, 1.807) is 38.4 Å². The van der Waals surface area contributed by atoms with E-state index in [4.69, 9.17) is 4.74 Å². The van der Waals surface area contributed by atoms with Crippen LogP contribution in [0, 0.1) is 0 Å². The molecule has 2 heterocycles. The van der Waals surface area contributed by atoms with Crippen LogP contribution in [-0.2, 0) is 9.59 Å². The summed E-state index contributed by atoms with van der Waals surface area (Å²) < 4.78 is 5.40. The molecule has 2 aliphatic rings. The van der Waals surface area contributed by atoms with Gasteiger partial charge in [-0.05, 0) is 25.1 Å². The van der Waals surface area contributed by atoms with Gasteiger partial charge in [-0.25, -0.2) is 0 Å². The van der Waals surface area contributed by atoms with Crippen molar-refractivity contribution >= 4 is 23.4 Å². The molecule has 7 heteroatoms. The maximum absolute atomic E-state index is 13.6. The number of hydrogen-bond donors (Lipinski definition) is 1. The number of nitrogens with one attached hydrogen (secondary N) is 1. The van der Waals surface area contributed by atoms with Crippen LogP contribution in [0.5, 0.6) is 5.75 Å². The summed E-state index contributed by atoms with van der Waals surface area (Å²) in [5.41, 5.74) is 0.351. The molecule has 2 aromatic carbocycles. The van der Waals surface area contributed by atoms with Gasteiger partial charge in [0, 0.05) is 25.5 Å². The van der Waals surface area contributed by atoms with Gasteiger partial charge < -0.3 is 15.0 Å². The van der Waals surface area contributed by atoms with Gasteiger partial charge in [0.05, 0.1) is 24.4 Å². The van der Waals surface area contributed by atoms with Crippen molar-refractivity contribution in [2.45, 2.75) is 31.5 Å². The number of carbonyl (C=O) groups is 3. The predicted octanol–water partition coefficient (Wildman–Crippen LogP) is 2.48. The van der Waals surface area contributed by atoms with Crippen molar-refractivity contribution < 1.29 is 19.1 Å². The first-order valence-corrected chi connectivity index (χ1v) is 9.56. The summed E-state index contributed by atoms with van der Waals surface area (Å²) in [6.07, 6.45) is 0.440. The number of ether oxygens (including phenoxy) is 1. The van der Waals surface area contributed by atoms with Crippen molar-refractivity contribution in [3.8, 4) is 5.75 Å². The highest BCUT2D eigenvalue weighted by molar-refractivity contribution is 6.16. The maximum Gasteiger partial charge on any atom is 0.267 e. The average Bonchev–Trinajstić information content (AvgIpc) is 3.10. The summed E-state index contributed by atoms with van der Waals surface area (Å²) in [5.74, 6) is -0.161. The third-order valence-electron chi connectivity index (χ3n) is 5.86. The first-order chi connectivity index (χ1) is 13.9. The van der Waals surface area contributed by atoms with Crippen LogP contribution >= 0.6 is 0 Å². The Morgan fingerprint density at radius 2 is 1.83 bits per heavy atom. The first kappa shape index (κ1) is 19.0. The minimum Gasteiger partial charge on any atom is -0.496 e. The van der Waals surface area contributed by atoms with Crippen LogP contribution in [0.2, 0.25) is 0 Å². The summed E-state index contributed by atoms with van der Waals surface area (Å²) >= 11 is 0. The van der Waals surface area contributed by atoms with Gasteiger partial charge in [0.2, 0.25) is 11.6 Å². The van der Waals surface area contributed by atoms with Gasteiger partial charge in [-0.2, -0.15) is 0 Å². The van der Waals surface area contributed by atoms with E-state index in [2.05, 4.69) is 5.32 Å². The number of amides is 3. The van der Waals surface area contributed by atoms with Gasteiger partial charge in [0.25, 0.3) is 11.8 Å². The van der Waals surface area contributed by atoms with E-state index in [1.165, 1.54) is 9.80 Å². The van der Waals surface area contributed by atoms with E-state index < -0.39 is 5.66 Å². The largest absolute Gasteiger partial charge is 0.496 e. The number of anilines is 1. The smallest absolute Gasteiger partial charge is 0.267 e. The molecule has 2 aromatic rings. The van der Waals surface area contributed by atoms with Gasteiger partial charge in [0.1, 0.15) is 5.75 Å². The Bertz CT molecular complexity index is 1010. The Morgan fingerprint density at radius 3 is 2.59 bits per heavy atom. The zero-order valence-corrected chi connectivity index (χ0v) is 16.6. The van der Waals surface area contributed by atoms with Gasteiger partial charge in [-0.15, -0.1) is 0 Å². The Hall–Kier alpha value is -3.35. The summed E-state index contributed by atoms with van der Waals surface area (Å²) in [7, 11) is 3.16. The van der Waals surface area contributed by atoms with E-state index in [0.717, 1.165) is 5.56 Å². The van der Waals surface area contributed by atoms with E-state index in [0.29, 0.717) is 17.0 Å². The molecular weight excluding hydrogens is 370 g/mol. The van der Waals surface area contributed by atoms with Crippen LogP contribution in [0.1, 0.15) is 41.7 Å². The lowest BCUT2D eigenvalue weighted by Gasteiger charge is -2.47. The van der Waals surface area contributed by atoms with Crippen molar-refractivity contribution in [1.82, 2.24) is 10.2 Å². The van der Waals surface area contributed by atoms with Gasteiger partial charge in [0.15, 0.2) is 0 Å². The fraction of sp³-hybridized carbons (Fsp3) is 0.318. The molecule has 1 fully saturated rings. The number of hydrogen-bond acceptors (Lipinski definition) is 4. The fourth-order valence-corrected chi connectivity index (χ4v) is 4.34. The Kier molecular flexibility index (Phi) is 4.53. The Morgan fingerprint density at radius 1 is 1.14 bits per heavy atom. The zero-order valence-electron chi connectivity index (χ0n) is 16.6. The number of para-hydroxylation sites is 2. The van der Waals surface area contributed by atoms with Gasteiger partial charge >= 0.3 is 0 Å². The standard InChI is InChI=1S/C22H23N3O4/c1-14(15-8-5-7-11-18(15)29-3)23-21(28)22-13-12-19(26)25(22)17-10-6-4-9-16(17)20(27)24(22)2/h4-11,14H,12-13H2,1-3H3,(H,23,28)/t14-,22+/m0/s1. The molecule has 2 aliphatic heterocycles. The fourth-order valence-electron chi connectivity index (χ4n) is 4.34. The number of likely N-dealkylation sites (N-methyl/N-ethyl adjacent to an activating group) is 1. The first-order valence-electron chi connectivity index (χ1n) is 9.56. The van der Waals surface area contributed by atoms with Crippen LogP contribution in [-0.4, -0.2) is 42.4 Å². The molecule has 2 atom stereocenters. The topological polar surface area (TPSA) is 79.0 Å². The van der Waals surface area contributed by atoms with E-state index in [9.17, 15) is 14.4 Å². The molecule has 0 unspecified atom stereocenters. The number of benzene rings is 2. The number of fused-ring (bicyclic) bond motifs is 3. The van der Waals surface area contributed by atoms with Crippen LogP contribution in [0.25, 0.3) is 0 Å². The quantitative estimate of drug-likeness (QED) is 0.866. The average molecular weight is 393 g/mol. The molecule has 150 valence electrons. The molecule has 0 bridgehead atoms. The van der Waals surface area contributed by atoms with Crippen molar-refractivity contribution in [2.75, 3.05) is 19.1 Å². The van der Waals surface area contributed by atoms with Crippen molar-refractivity contribution in [3.63, 3.8) is 0 Å². The second-order valence-electron chi connectivity index (χ2n) is 7.36. The highest BCUT2D eigenvalue weighted by atomic mass is 16.5. The minimum absolute atomic E-state index is 0.170.